The number of hydrogen-bond acceptors (Lipinski definition) is 9. The van der Waals surface area contributed by atoms with Crippen LogP contribution in [0.2, 0.25) is 10.0 Å². The van der Waals surface area contributed by atoms with E-state index in [1.165, 1.54) is 6.07 Å². The fraction of sp³-hybridized carbons (Fsp3) is 0.412. The summed E-state index contributed by atoms with van der Waals surface area (Å²) in [6, 6.07) is 15.1. The summed E-state index contributed by atoms with van der Waals surface area (Å²) in [6.07, 6.45) is 3.92. The van der Waals surface area contributed by atoms with Crippen LogP contribution in [0.15, 0.2) is 48.7 Å². The number of fused-ring (bicyclic) bond motifs is 3. The zero-order valence-electron chi connectivity index (χ0n) is 25.7. The zero-order chi connectivity index (χ0) is 32.5. The minimum Gasteiger partial charge on any atom is -0.478 e. The van der Waals surface area contributed by atoms with E-state index in [4.69, 9.17) is 42.4 Å². The summed E-state index contributed by atoms with van der Waals surface area (Å²) < 4.78 is 21.0. The molecular formula is C34H32Cl2N6O5. The third-order valence-electron chi connectivity index (χ3n) is 9.96. The molecule has 3 atom stereocenters. The molecule has 13 heteroatoms. The van der Waals surface area contributed by atoms with E-state index in [1.807, 2.05) is 25.1 Å². The molecule has 0 amide bonds. The first-order valence-corrected chi connectivity index (χ1v) is 16.4. The first-order chi connectivity index (χ1) is 22.7. The molecule has 11 nitrogen and oxygen atoms in total. The van der Waals surface area contributed by atoms with Crippen LogP contribution in [0.25, 0.3) is 11.0 Å². The highest BCUT2D eigenvalue weighted by Crippen LogP contribution is 2.52. The molecule has 0 unspecified atom stereocenters. The van der Waals surface area contributed by atoms with Gasteiger partial charge in [0.15, 0.2) is 11.5 Å². The van der Waals surface area contributed by atoms with Crippen LogP contribution in [0, 0.1) is 16.7 Å². The van der Waals surface area contributed by atoms with Gasteiger partial charge < -0.3 is 28.8 Å². The molecule has 3 aliphatic heterocycles. The van der Waals surface area contributed by atoms with Gasteiger partial charge in [0.25, 0.3) is 5.79 Å². The van der Waals surface area contributed by atoms with Gasteiger partial charge in [0.2, 0.25) is 0 Å². The van der Waals surface area contributed by atoms with Crippen molar-refractivity contribution in [1.29, 1.82) is 5.26 Å². The van der Waals surface area contributed by atoms with Gasteiger partial charge in [-0.15, -0.1) is 0 Å². The van der Waals surface area contributed by atoms with Crippen molar-refractivity contribution in [3.05, 3.63) is 75.8 Å². The average molecular weight is 676 g/mol. The van der Waals surface area contributed by atoms with Crippen molar-refractivity contribution in [2.45, 2.75) is 57.1 Å². The smallest absolute Gasteiger partial charge is 0.335 e. The Bertz CT molecular complexity index is 1940. The van der Waals surface area contributed by atoms with Gasteiger partial charge in [-0.05, 0) is 49.2 Å². The highest BCUT2D eigenvalue weighted by Gasteiger charge is 2.47. The molecule has 0 bridgehead atoms. The number of ether oxygens (including phenoxy) is 3. The Labute approximate surface area is 281 Å². The molecule has 0 spiro atoms. The van der Waals surface area contributed by atoms with Crippen LogP contribution in [-0.2, 0) is 23.6 Å². The number of halogens is 2. The summed E-state index contributed by atoms with van der Waals surface area (Å²) in [5.41, 5.74) is 2.80. The molecule has 4 aromatic rings. The zero-order valence-corrected chi connectivity index (χ0v) is 27.2. The van der Waals surface area contributed by atoms with Crippen molar-refractivity contribution < 1.29 is 24.1 Å². The number of pyridine rings is 1. The van der Waals surface area contributed by atoms with E-state index in [-0.39, 0.29) is 23.1 Å². The Morgan fingerprint density at radius 3 is 2.70 bits per heavy atom. The minimum atomic E-state index is -1.10. The number of imidazole rings is 1. The predicted octanol–water partition coefficient (Wildman–Crippen LogP) is 5.86. The van der Waals surface area contributed by atoms with Crippen molar-refractivity contribution >= 4 is 45.9 Å². The van der Waals surface area contributed by atoms with Gasteiger partial charge in [0.1, 0.15) is 17.0 Å². The van der Waals surface area contributed by atoms with Crippen molar-refractivity contribution in [2.24, 2.45) is 5.41 Å². The van der Waals surface area contributed by atoms with E-state index < -0.39 is 11.8 Å². The van der Waals surface area contributed by atoms with E-state index in [9.17, 15) is 15.2 Å². The molecule has 5 heterocycles. The third kappa shape index (κ3) is 5.24. The van der Waals surface area contributed by atoms with Gasteiger partial charge in [0, 0.05) is 44.6 Å². The topological polar surface area (TPSA) is 126 Å². The summed E-state index contributed by atoms with van der Waals surface area (Å²) in [7, 11) is 0. The molecule has 8 rings (SSSR count). The summed E-state index contributed by atoms with van der Waals surface area (Å²) >= 11 is 12.7. The molecule has 242 valence electrons. The van der Waals surface area contributed by atoms with Crippen LogP contribution < -0.4 is 14.4 Å². The number of benzene rings is 2. The number of para-hydroxylation sites is 1. The number of carboxylic acid groups (broad SMARTS) is 1. The van der Waals surface area contributed by atoms with E-state index >= 15 is 0 Å². The summed E-state index contributed by atoms with van der Waals surface area (Å²) in [5.74, 6) is -0.0193. The lowest BCUT2D eigenvalue weighted by Gasteiger charge is -2.44. The maximum atomic E-state index is 11.9. The second kappa shape index (κ2) is 11.3. The number of anilines is 1. The number of carbonyl (C=O) groups is 1. The maximum absolute atomic E-state index is 11.9. The van der Waals surface area contributed by atoms with E-state index in [0.717, 1.165) is 30.9 Å². The lowest BCUT2D eigenvalue weighted by molar-refractivity contribution is -0.0716. The molecule has 4 aliphatic rings. The van der Waals surface area contributed by atoms with E-state index in [0.29, 0.717) is 77.5 Å². The quantitative estimate of drug-likeness (QED) is 0.243. The van der Waals surface area contributed by atoms with Crippen LogP contribution in [0.1, 0.15) is 48.1 Å². The van der Waals surface area contributed by atoms with E-state index in [1.54, 1.807) is 18.3 Å². The fourth-order valence-electron chi connectivity index (χ4n) is 7.23. The highest BCUT2D eigenvalue weighted by molar-refractivity contribution is 6.35. The number of rotatable bonds is 8. The van der Waals surface area contributed by atoms with Gasteiger partial charge in [-0.3, -0.25) is 9.88 Å². The average Bonchev–Trinajstić information content (AvgIpc) is 3.34. The number of hydrogen-bond donors (Lipinski definition) is 1. The number of aromatic nitrogens is 3. The molecule has 2 saturated heterocycles. The fourth-order valence-corrected chi connectivity index (χ4v) is 7.60. The monoisotopic (exact) mass is 674 g/mol. The van der Waals surface area contributed by atoms with Crippen LogP contribution in [0.5, 0.6) is 11.5 Å². The van der Waals surface area contributed by atoms with Gasteiger partial charge >= 0.3 is 5.97 Å². The maximum Gasteiger partial charge on any atom is 0.335 e. The van der Waals surface area contributed by atoms with Crippen LogP contribution in [0.4, 0.5) is 5.69 Å². The Kier molecular flexibility index (Phi) is 7.26. The minimum absolute atomic E-state index is 0.0488. The molecule has 1 N–H and O–H groups in total. The van der Waals surface area contributed by atoms with Gasteiger partial charge in [0.05, 0.1) is 64.7 Å². The largest absolute Gasteiger partial charge is 0.478 e. The Hall–Kier alpha value is -4.08. The van der Waals surface area contributed by atoms with Crippen LogP contribution in [-0.4, -0.2) is 68.9 Å². The van der Waals surface area contributed by atoms with Crippen molar-refractivity contribution in [3.63, 3.8) is 0 Å². The number of piperazine rings is 1. The summed E-state index contributed by atoms with van der Waals surface area (Å²) in [6.45, 7) is 5.52. The number of aromatic carboxylic acids is 1. The van der Waals surface area contributed by atoms with Crippen molar-refractivity contribution in [1.82, 2.24) is 19.4 Å². The number of nitrogens with zero attached hydrogens (tertiary/aromatic N) is 6. The van der Waals surface area contributed by atoms with Gasteiger partial charge in [-0.2, -0.15) is 5.26 Å². The van der Waals surface area contributed by atoms with Crippen LogP contribution in [0.3, 0.4) is 0 Å². The molecule has 3 fully saturated rings. The standard InChI is InChI=1S/C34H32Cl2N6O5/c1-33(28-6-5-21(35)15-38-28)46-27-4-2-3-23(31(27)47-33)41-12-11-40(25-17-45-18-26(25)41)16-29-39-30-22(36)13-20(32(43)44)14-24(30)42(29)19-34(7-8-34)9-10-37/h2-6,13-15,25-26H,7-9,11-12,16-19H2,1H3,(H,43,44)/t25-,26+,33-/m1/s1. The molecule has 47 heavy (non-hydrogen) atoms. The molecule has 1 saturated carbocycles. The predicted molar refractivity (Wildman–Crippen MR) is 174 cm³/mol. The Balaban J connectivity index is 1.09. The molecule has 0 radical (unpaired) electrons. The Morgan fingerprint density at radius 2 is 1.96 bits per heavy atom. The second-order valence-electron chi connectivity index (χ2n) is 13.0. The normalized spacial score (nSPS) is 24.3. The van der Waals surface area contributed by atoms with Gasteiger partial charge in [-0.1, -0.05) is 29.3 Å². The molecule has 1 aliphatic carbocycles. The Morgan fingerprint density at radius 1 is 1.13 bits per heavy atom. The number of nitriles is 1. The van der Waals surface area contributed by atoms with Crippen LogP contribution >= 0.6 is 23.2 Å². The molecule has 2 aromatic heterocycles. The van der Waals surface area contributed by atoms with Crippen molar-refractivity contribution in [3.8, 4) is 17.6 Å². The summed E-state index contributed by atoms with van der Waals surface area (Å²) in [4.78, 5) is 26.1. The van der Waals surface area contributed by atoms with Crippen molar-refractivity contribution in [2.75, 3.05) is 31.2 Å². The lowest BCUT2D eigenvalue weighted by atomic mass is 10.0. The summed E-state index contributed by atoms with van der Waals surface area (Å²) in [5, 5.41) is 20.1. The first kappa shape index (κ1) is 30.3. The number of carboxylic acids is 1. The lowest BCUT2D eigenvalue weighted by Crippen LogP contribution is -2.59. The molecular weight excluding hydrogens is 643 g/mol. The first-order valence-electron chi connectivity index (χ1n) is 15.7. The second-order valence-corrected chi connectivity index (χ2v) is 13.9. The van der Waals surface area contributed by atoms with Gasteiger partial charge in [-0.25, -0.2) is 9.78 Å². The molecule has 2 aromatic carbocycles. The third-order valence-corrected chi connectivity index (χ3v) is 10.5. The van der Waals surface area contributed by atoms with E-state index in [2.05, 4.69) is 31.5 Å². The SMILES string of the molecule is C[C@@]1(c2ccc(Cl)cn2)Oc2cccc(N3CCN(Cc4nc5c(Cl)cc(C(=O)O)cc5n4CC4(CC#N)CC4)[C@@H]4COC[C@@H]43)c2O1. The highest BCUT2D eigenvalue weighted by atomic mass is 35.5.